The van der Waals surface area contributed by atoms with Crippen molar-refractivity contribution in [1.82, 2.24) is 0 Å². The molecule has 0 rings (SSSR count). The molecule has 0 aliphatic carbocycles. The second kappa shape index (κ2) is 12.6. The maximum absolute atomic E-state index is 9.98. The van der Waals surface area contributed by atoms with Gasteiger partial charge in [0.05, 0.1) is 19.6 Å². The van der Waals surface area contributed by atoms with Gasteiger partial charge in [-0.2, -0.15) is 0 Å². The minimum Gasteiger partial charge on any atom is -0.345 e. The van der Waals surface area contributed by atoms with Crippen molar-refractivity contribution < 1.29 is 9.59 Å². The highest BCUT2D eigenvalue weighted by molar-refractivity contribution is 4.49. The number of quaternary nitrogens is 1. The van der Waals surface area contributed by atoms with Crippen LogP contribution in [0.1, 0.15) is 91.9 Å². The maximum Gasteiger partial charge on any atom is 0.187 e. The average molecular weight is 287 g/mol. The Morgan fingerprint density at radius 1 is 0.700 bits per heavy atom. The first kappa shape index (κ1) is 19.9. The Balaban J connectivity index is 3.51. The van der Waals surface area contributed by atoms with Crippen LogP contribution in [0.15, 0.2) is 0 Å². The van der Waals surface area contributed by atoms with Crippen LogP contribution in [0.3, 0.4) is 0 Å². The molecule has 0 aromatic heterocycles. The van der Waals surface area contributed by atoms with Gasteiger partial charge < -0.3 is 5.11 Å². The molecule has 1 unspecified atom stereocenters. The third kappa shape index (κ3) is 8.26. The zero-order valence-electron chi connectivity index (χ0n) is 14.7. The second-order valence-electron chi connectivity index (χ2n) is 6.39. The highest BCUT2D eigenvalue weighted by Crippen LogP contribution is 2.16. The Morgan fingerprint density at radius 3 is 1.45 bits per heavy atom. The van der Waals surface area contributed by atoms with Crippen molar-refractivity contribution in [2.45, 2.75) is 98.1 Å². The molecule has 0 aromatic rings. The topological polar surface area (TPSA) is 20.2 Å². The van der Waals surface area contributed by atoms with E-state index in [2.05, 4.69) is 20.8 Å². The van der Waals surface area contributed by atoms with Crippen LogP contribution >= 0.6 is 0 Å². The first-order chi connectivity index (χ1) is 9.63. The molecule has 0 bridgehead atoms. The minimum absolute atomic E-state index is 0.219. The Morgan fingerprint density at radius 2 is 1.10 bits per heavy atom. The molecule has 0 saturated heterocycles. The zero-order chi connectivity index (χ0) is 15.3. The SMILES string of the molecule is CCCCCCCCCCCC[N+](CC)(CC)C(C)O. The Labute approximate surface area is 128 Å². The van der Waals surface area contributed by atoms with Gasteiger partial charge in [-0.1, -0.05) is 58.3 Å². The summed E-state index contributed by atoms with van der Waals surface area (Å²) in [5.41, 5.74) is 0. The molecular formula is C18H40NO+. The lowest BCUT2D eigenvalue weighted by molar-refractivity contribution is -0.966. The standard InChI is InChI=1S/C18H40NO/c1-5-8-9-10-11-12-13-14-15-16-17-19(6-2,7-3)18(4)20/h18,20H,5-17H2,1-4H3/q+1. The van der Waals surface area contributed by atoms with E-state index in [4.69, 9.17) is 0 Å². The molecule has 0 heterocycles. The van der Waals surface area contributed by atoms with Crippen molar-refractivity contribution >= 4 is 0 Å². The molecule has 20 heavy (non-hydrogen) atoms. The molecule has 2 nitrogen and oxygen atoms in total. The number of hydrogen-bond donors (Lipinski definition) is 1. The molecule has 1 atom stereocenters. The van der Waals surface area contributed by atoms with Gasteiger partial charge in [-0.05, 0) is 26.7 Å². The summed E-state index contributed by atoms with van der Waals surface area (Å²) in [5.74, 6) is 0. The Bertz CT molecular complexity index is 200. The number of nitrogens with zero attached hydrogens (tertiary/aromatic N) is 1. The summed E-state index contributed by atoms with van der Waals surface area (Å²) in [6.07, 6.45) is 13.6. The van der Waals surface area contributed by atoms with E-state index >= 15 is 0 Å². The second-order valence-corrected chi connectivity index (χ2v) is 6.39. The predicted octanol–water partition coefficient (Wildman–Crippen LogP) is 5.10. The highest BCUT2D eigenvalue weighted by Gasteiger charge is 2.27. The van der Waals surface area contributed by atoms with Crippen molar-refractivity contribution in [3.05, 3.63) is 0 Å². The van der Waals surface area contributed by atoms with Gasteiger partial charge in [0.1, 0.15) is 0 Å². The van der Waals surface area contributed by atoms with Gasteiger partial charge in [0.2, 0.25) is 0 Å². The van der Waals surface area contributed by atoms with Crippen LogP contribution in [-0.2, 0) is 0 Å². The van der Waals surface area contributed by atoms with E-state index in [0.717, 1.165) is 24.1 Å². The summed E-state index contributed by atoms with van der Waals surface area (Å²) >= 11 is 0. The van der Waals surface area contributed by atoms with Crippen LogP contribution in [0.5, 0.6) is 0 Å². The molecule has 0 aliphatic rings. The van der Waals surface area contributed by atoms with E-state index in [1.165, 1.54) is 64.2 Å². The first-order valence-electron chi connectivity index (χ1n) is 9.16. The van der Waals surface area contributed by atoms with Gasteiger partial charge in [0.25, 0.3) is 0 Å². The van der Waals surface area contributed by atoms with Crippen LogP contribution in [0.4, 0.5) is 0 Å². The monoisotopic (exact) mass is 286 g/mol. The lowest BCUT2D eigenvalue weighted by Crippen LogP contribution is -2.54. The molecule has 0 amide bonds. The van der Waals surface area contributed by atoms with Crippen molar-refractivity contribution in [3.8, 4) is 0 Å². The fourth-order valence-electron chi connectivity index (χ4n) is 3.17. The van der Waals surface area contributed by atoms with Crippen molar-refractivity contribution in [3.63, 3.8) is 0 Å². The van der Waals surface area contributed by atoms with Crippen LogP contribution < -0.4 is 0 Å². The van der Waals surface area contributed by atoms with E-state index in [1.807, 2.05) is 6.92 Å². The summed E-state index contributed by atoms with van der Waals surface area (Å²) in [7, 11) is 0. The normalized spacial score (nSPS) is 13.7. The van der Waals surface area contributed by atoms with Gasteiger partial charge in [0, 0.05) is 6.92 Å². The van der Waals surface area contributed by atoms with Crippen LogP contribution in [-0.4, -0.2) is 35.5 Å². The van der Waals surface area contributed by atoms with Crippen LogP contribution in [0.2, 0.25) is 0 Å². The van der Waals surface area contributed by atoms with Crippen molar-refractivity contribution in [2.24, 2.45) is 0 Å². The quantitative estimate of drug-likeness (QED) is 0.267. The van der Waals surface area contributed by atoms with Gasteiger partial charge in [0.15, 0.2) is 6.23 Å². The number of unbranched alkanes of at least 4 members (excludes halogenated alkanes) is 9. The molecule has 122 valence electrons. The molecule has 0 aliphatic heterocycles. The number of aliphatic hydroxyl groups is 1. The molecule has 0 aromatic carbocycles. The molecule has 2 heteroatoms. The summed E-state index contributed by atoms with van der Waals surface area (Å²) in [4.78, 5) is 0. The lowest BCUT2D eigenvalue weighted by atomic mass is 10.1. The molecule has 0 fully saturated rings. The van der Waals surface area contributed by atoms with Crippen LogP contribution in [0.25, 0.3) is 0 Å². The molecule has 0 saturated carbocycles. The lowest BCUT2D eigenvalue weighted by Gasteiger charge is -2.39. The molecule has 0 radical (unpaired) electrons. The van der Waals surface area contributed by atoms with Gasteiger partial charge in [-0.3, -0.25) is 4.48 Å². The minimum atomic E-state index is -0.219. The van der Waals surface area contributed by atoms with E-state index in [-0.39, 0.29) is 6.23 Å². The van der Waals surface area contributed by atoms with E-state index in [1.54, 1.807) is 0 Å². The summed E-state index contributed by atoms with van der Waals surface area (Å²) in [6.45, 7) is 11.9. The van der Waals surface area contributed by atoms with Gasteiger partial charge in [-0.25, -0.2) is 0 Å². The third-order valence-electron chi connectivity index (χ3n) is 5.01. The summed E-state index contributed by atoms with van der Waals surface area (Å²) in [5, 5.41) is 9.98. The Hall–Kier alpha value is -0.0800. The molecule has 0 spiro atoms. The number of aliphatic hydroxyl groups excluding tert-OH is 1. The van der Waals surface area contributed by atoms with E-state index in [0.29, 0.717) is 0 Å². The average Bonchev–Trinajstić information content (AvgIpc) is 2.45. The fraction of sp³-hybridized carbons (Fsp3) is 1.00. The number of hydrogen-bond acceptors (Lipinski definition) is 1. The van der Waals surface area contributed by atoms with Gasteiger partial charge in [-0.15, -0.1) is 0 Å². The van der Waals surface area contributed by atoms with Crippen LogP contribution in [0, 0.1) is 0 Å². The third-order valence-corrected chi connectivity index (χ3v) is 5.01. The van der Waals surface area contributed by atoms with Crippen molar-refractivity contribution in [1.29, 1.82) is 0 Å². The summed E-state index contributed by atoms with van der Waals surface area (Å²) in [6, 6.07) is 0. The van der Waals surface area contributed by atoms with E-state index < -0.39 is 0 Å². The molecular weight excluding hydrogens is 246 g/mol. The fourth-order valence-corrected chi connectivity index (χ4v) is 3.17. The smallest absolute Gasteiger partial charge is 0.187 e. The highest BCUT2D eigenvalue weighted by atomic mass is 16.3. The predicted molar refractivity (Wildman–Crippen MR) is 89.7 cm³/mol. The largest absolute Gasteiger partial charge is 0.345 e. The van der Waals surface area contributed by atoms with E-state index in [9.17, 15) is 5.11 Å². The van der Waals surface area contributed by atoms with Gasteiger partial charge >= 0.3 is 0 Å². The molecule has 1 N–H and O–H groups in total. The van der Waals surface area contributed by atoms with Crippen molar-refractivity contribution in [2.75, 3.05) is 19.6 Å². The Kier molecular flexibility index (Phi) is 12.6. The first-order valence-corrected chi connectivity index (χ1v) is 9.16. The summed E-state index contributed by atoms with van der Waals surface area (Å²) < 4.78 is 0.872. The number of rotatable bonds is 14. The zero-order valence-corrected chi connectivity index (χ0v) is 14.7. The maximum atomic E-state index is 9.98.